The number of carbonyl (C=O) groups excluding carboxylic acids is 1. The SMILES string of the molecule is CNC(=O)c1ccccc1Nc1nc(Nc2ccc3c(c2)-n2ccnc2CCC3)ncc1Cl. The van der Waals surface area contributed by atoms with Crippen LogP contribution in [0.5, 0.6) is 0 Å². The first kappa shape index (κ1) is 21.0. The summed E-state index contributed by atoms with van der Waals surface area (Å²) >= 11 is 6.35. The van der Waals surface area contributed by atoms with Crippen molar-refractivity contribution in [3.05, 3.63) is 83.0 Å². The zero-order valence-electron chi connectivity index (χ0n) is 18.0. The number of benzene rings is 2. The summed E-state index contributed by atoms with van der Waals surface area (Å²) in [7, 11) is 1.59. The molecular weight excluding hydrogens is 438 g/mol. The number of aromatic nitrogens is 4. The van der Waals surface area contributed by atoms with Crippen LogP contribution in [0, 0.1) is 0 Å². The quantitative estimate of drug-likeness (QED) is 0.402. The summed E-state index contributed by atoms with van der Waals surface area (Å²) in [5.74, 6) is 1.65. The Kier molecular flexibility index (Phi) is 5.66. The topological polar surface area (TPSA) is 96.8 Å². The molecule has 0 fully saturated rings. The molecule has 1 aliphatic heterocycles. The number of rotatable bonds is 5. The molecule has 0 saturated carbocycles. The van der Waals surface area contributed by atoms with Gasteiger partial charge in [0.05, 0.1) is 23.1 Å². The largest absolute Gasteiger partial charge is 0.355 e. The third-order valence-electron chi connectivity index (χ3n) is 5.56. The second-order valence-electron chi connectivity index (χ2n) is 7.68. The fraction of sp³-hybridized carbons (Fsp3) is 0.167. The third-order valence-corrected chi connectivity index (χ3v) is 5.84. The van der Waals surface area contributed by atoms with Gasteiger partial charge in [-0.3, -0.25) is 4.79 Å². The van der Waals surface area contributed by atoms with E-state index < -0.39 is 0 Å². The molecule has 0 spiro atoms. The van der Waals surface area contributed by atoms with Gasteiger partial charge in [-0.1, -0.05) is 29.8 Å². The van der Waals surface area contributed by atoms with Crippen molar-refractivity contribution in [2.45, 2.75) is 19.3 Å². The van der Waals surface area contributed by atoms with Gasteiger partial charge in [0.2, 0.25) is 5.95 Å². The van der Waals surface area contributed by atoms with E-state index in [1.54, 1.807) is 25.2 Å². The Bertz CT molecular complexity index is 1330. The highest BCUT2D eigenvalue weighted by atomic mass is 35.5. The van der Waals surface area contributed by atoms with Gasteiger partial charge < -0.3 is 20.5 Å². The number of fused-ring (bicyclic) bond motifs is 3. The van der Waals surface area contributed by atoms with Gasteiger partial charge in [0, 0.05) is 31.5 Å². The van der Waals surface area contributed by atoms with Crippen LogP contribution in [-0.4, -0.2) is 32.5 Å². The number of nitrogens with one attached hydrogen (secondary N) is 3. The summed E-state index contributed by atoms with van der Waals surface area (Å²) in [5, 5.41) is 9.40. The minimum atomic E-state index is -0.203. The number of amides is 1. The van der Waals surface area contributed by atoms with Crippen LogP contribution in [-0.2, 0) is 12.8 Å². The molecule has 2 aromatic carbocycles. The van der Waals surface area contributed by atoms with Gasteiger partial charge in [-0.05, 0) is 42.7 Å². The van der Waals surface area contributed by atoms with Crippen molar-refractivity contribution in [3.63, 3.8) is 0 Å². The van der Waals surface area contributed by atoms with Crippen molar-refractivity contribution in [1.29, 1.82) is 0 Å². The lowest BCUT2D eigenvalue weighted by Gasteiger charge is -2.14. The van der Waals surface area contributed by atoms with Crippen LogP contribution < -0.4 is 16.0 Å². The van der Waals surface area contributed by atoms with Crippen molar-refractivity contribution in [2.75, 3.05) is 17.7 Å². The highest BCUT2D eigenvalue weighted by Gasteiger charge is 2.16. The third kappa shape index (κ3) is 4.25. The minimum absolute atomic E-state index is 0.203. The molecule has 0 unspecified atom stereocenters. The van der Waals surface area contributed by atoms with E-state index in [1.807, 2.05) is 24.5 Å². The van der Waals surface area contributed by atoms with E-state index in [9.17, 15) is 4.79 Å². The summed E-state index contributed by atoms with van der Waals surface area (Å²) in [5.41, 5.74) is 4.33. The molecule has 0 aliphatic carbocycles. The predicted octanol–water partition coefficient (Wildman–Crippen LogP) is 4.65. The zero-order chi connectivity index (χ0) is 22.8. The average molecular weight is 460 g/mol. The lowest BCUT2D eigenvalue weighted by molar-refractivity contribution is 0.0964. The number of para-hydroxylation sites is 1. The summed E-state index contributed by atoms with van der Waals surface area (Å²) < 4.78 is 2.14. The first-order chi connectivity index (χ1) is 16.1. The zero-order valence-corrected chi connectivity index (χ0v) is 18.7. The number of imidazole rings is 1. The van der Waals surface area contributed by atoms with Gasteiger partial charge in [-0.25, -0.2) is 9.97 Å². The standard InChI is InChI=1S/C24H22ClN7O/c1-26-23(33)17-6-2-3-7-19(17)30-22-18(25)14-28-24(31-22)29-16-10-9-15-5-4-8-21-27-11-12-32(21)20(15)13-16/h2-3,6-7,9-14H,4-5,8H2,1H3,(H,26,33)(H2,28,29,30,31). The van der Waals surface area contributed by atoms with Crippen molar-refractivity contribution in [3.8, 4) is 5.69 Å². The Morgan fingerprint density at radius 1 is 1.09 bits per heavy atom. The number of hydrogen-bond acceptors (Lipinski definition) is 6. The van der Waals surface area contributed by atoms with Crippen LogP contribution in [0.2, 0.25) is 5.02 Å². The molecule has 1 amide bonds. The van der Waals surface area contributed by atoms with Gasteiger partial charge in [-0.15, -0.1) is 0 Å². The molecule has 9 heteroatoms. The Labute approximate surface area is 196 Å². The molecule has 2 aromatic heterocycles. The molecule has 166 valence electrons. The minimum Gasteiger partial charge on any atom is -0.355 e. The second kappa shape index (κ2) is 8.91. The Morgan fingerprint density at radius 2 is 1.97 bits per heavy atom. The van der Waals surface area contributed by atoms with Gasteiger partial charge in [0.15, 0.2) is 5.82 Å². The fourth-order valence-corrected chi connectivity index (χ4v) is 4.09. The van der Waals surface area contributed by atoms with Gasteiger partial charge >= 0.3 is 0 Å². The molecule has 1 aliphatic rings. The molecule has 0 saturated heterocycles. The lowest BCUT2D eigenvalue weighted by atomic mass is 10.1. The van der Waals surface area contributed by atoms with Crippen LogP contribution in [0.4, 0.5) is 23.1 Å². The first-order valence-electron chi connectivity index (χ1n) is 10.7. The molecule has 4 aromatic rings. The Morgan fingerprint density at radius 3 is 2.85 bits per heavy atom. The normalized spacial score (nSPS) is 12.3. The maximum atomic E-state index is 12.2. The molecule has 5 rings (SSSR count). The number of carbonyl (C=O) groups is 1. The Hall–Kier alpha value is -3.91. The molecule has 33 heavy (non-hydrogen) atoms. The maximum absolute atomic E-state index is 12.2. The predicted molar refractivity (Wildman–Crippen MR) is 129 cm³/mol. The molecule has 3 heterocycles. The first-order valence-corrected chi connectivity index (χ1v) is 11.0. The number of halogens is 1. The highest BCUT2D eigenvalue weighted by molar-refractivity contribution is 6.33. The smallest absolute Gasteiger partial charge is 0.253 e. The van der Waals surface area contributed by atoms with Crippen LogP contribution in [0.25, 0.3) is 5.69 Å². The molecule has 3 N–H and O–H groups in total. The van der Waals surface area contributed by atoms with E-state index >= 15 is 0 Å². The Balaban J connectivity index is 1.43. The van der Waals surface area contributed by atoms with Crippen LogP contribution in [0.3, 0.4) is 0 Å². The van der Waals surface area contributed by atoms with E-state index in [4.69, 9.17) is 11.6 Å². The van der Waals surface area contributed by atoms with Crippen LogP contribution in [0.1, 0.15) is 28.2 Å². The molecule has 0 radical (unpaired) electrons. The van der Waals surface area contributed by atoms with E-state index in [0.717, 1.165) is 36.5 Å². The molecule has 8 nitrogen and oxygen atoms in total. The molecule has 0 bridgehead atoms. The van der Waals surface area contributed by atoms with Crippen LogP contribution in [0.15, 0.2) is 61.1 Å². The van der Waals surface area contributed by atoms with Gasteiger partial charge in [0.1, 0.15) is 10.8 Å². The summed E-state index contributed by atoms with van der Waals surface area (Å²) in [4.78, 5) is 25.5. The van der Waals surface area contributed by atoms with Crippen LogP contribution >= 0.6 is 11.6 Å². The van der Waals surface area contributed by atoms with Gasteiger partial charge in [0.25, 0.3) is 5.91 Å². The summed E-state index contributed by atoms with van der Waals surface area (Å²) in [6.07, 6.45) is 8.39. The van der Waals surface area contributed by atoms with Crippen molar-refractivity contribution >= 4 is 40.6 Å². The number of anilines is 4. The van der Waals surface area contributed by atoms with Crippen molar-refractivity contribution < 1.29 is 4.79 Å². The lowest BCUT2D eigenvalue weighted by Crippen LogP contribution is -2.19. The summed E-state index contributed by atoms with van der Waals surface area (Å²) in [6.45, 7) is 0. The summed E-state index contributed by atoms with van der Waals surface area (Å²) in [6, 6.07) is 13.4. The number of hydrogen-bond donors (Lipinski definition) is 3. The molecular formula is C24H22ClN7O. The van der Waals surface area contributed by atoms with E-state index in [1.165, 1.54) is 11.8 Å². The van der Waals surface area contributed by atoms with E-state index in [2.05, 4.69) is 47.6 Å². The van der Waals surface area contributed by atoms with E-state index in [0.29, 0.717) is 28.0 Å². The van der Waals surface area contributed by atoms with E-state index in [-0.39, 0.29) is 5.91 Å². The fourth-order valence-electron chi connectivity index (χ4n) is 3.95. The second-order valence-corrected chi connectivity index (χ2v) is 8.08. The number of aryl methyl sites for hydroxylation is 2. The average Bonchev–Trinajstić information content (AvgIpc) is 3.23. The van der Waals surface area contributed by atoms with Crippen molar-refractivity contribution in [2.24, 2.45) is 0 Å². The molecule has 0 atom stereocenters. The van der Waals surface area contributed by atoms with Gasteiger partial charge in [-0.2, -0.15) is 4.98 Å². The number of nitrogens with zero attached hydrogens (tertiary/aromatic N) is 4. The maximum Gasteiger partial charge on any atom is 0.253 e. The van der Waals surface area contributed by atoms with Crippen molar-refractivity contribution in [1.82, 2.24) is 24.8 Å². The highest BCUT2D eigenvalue weighted by Crippen LogP contribution is 2.29. The monoisotopic (exact) mass is 459 g/mol.